The summed E-state index contributed by atoms with van der Waals surface area (Å²) in [5.41, 5.74) is -0.646. The largest absolute Gasteiger partial charge is 0.481 e. The molecule has 2 heterocycles. The van der Waals surface area contributed by atoms with Crippen molar-refractivity contribution in [1.82, 2.24) is 0 Å². The third-order valence-electron chi connectivity index (χ3n) is 5.27. The molecule has 0 radical (unpaired) electrons. The van der Waals surface area contributed by atoms with E-state index in [4.69, 9.17) is 9.47 Å². The Bertz CT molecular complexity index is 327. The molecule has 4 heteroatoms. The number of rotatable bonds is 2. The quantitative estimate of drug-likeness (QED) is 0.821. The molecule has 4 nitrogen and oxygen atoms in total. The van der Waals surface area contributed by atoms with Crippen LogP contribution in [0.5, 0.6) is 0 Å². The number of hydrogen-bond donors (Lipinski definition) is 1. The van der Waals surface area contributed by atoms with E-state index in [0.717, 1.165) is 32.3 Å². The molecule has 1 N–H and O–H groups in total. The van der Waals surface area contributed by atoms with Gasteiger partial charge >= 0.3 is 5.97 Å². The summed E-state index contributed by atoms with van der Waals surface area (Å²) in [4.78, 5) is 11.7. The molecule has 0 bridgehead atoms. The molecular formula is C14H22O4. The number of hydrogen-bond acceptors (Lipinski definition) is 3. The predicted octanol–water partition coefficient (Wildman–Crippen LogP) is 2.22. The average molecular weight is 254 g/mol. The van der Waals surface area contributed by atoms with Gasteiger partial charge < -0.3 is 14.6 Å². The summed E-state index contributed by atoms with van der Waals surface area (Å²) in [5.74, 6) is -0.440. The van der Waals surface area contributed by atoms with Gasteiger partial charge in [0.1, 0.15) is 0 Å². The molecule has 3 aliphatic rings. The fourth-order valence-corrected chi connectivity index (χ4v) is 4.11. The lowest BCUT2D eigenvalue weighted by molar-refractivity contribution is -0.163. The van der Waals surface area contributed by atoms with Gasteiger partial charge in [0.2, 0.25) is 0 Å². The molecule has 3 rings (SSSR count). The third kappa shape index (κ3) is 1.86. The summed E-state index contributed by atoms with van der Waals surface area (Å²) in [6.45, 7) is 1.71. The first-order chi connectivity index (χ1) is 8.67. The van der Waals surface area contributed by atoms with Crippen molar-refractivity contribution in [2.45, 2.75) is 50.5 Å². The van der Waals surface area contributed by atoms with Crippen LogP contribution in [0.2, 0.25) is 0 Å². The number of carboxylic acid groups (broad SMARTS) is 1. The maximum Gasteiger partial charge on any atom is 0.312 e. The minimum absolute atomic E-state index is 0.00600. The summed E-state index contributed by atoms with van der Waals surface area (Å²) in [5, 5.41) is 9.63. The first-order valence-corrected chi connectivity index (χ1v) is 7.12. The molecule has 2 atom stereocenters. The minimum atomic E-state index is -0.667. The summed E-state index contributed by atoms with van der Waals surface area (Å²) < 4.78 is 11.4. The molecule has 2 aliphatic heterocycles. The van der Waals surface area contributed by atoms with Crippen LogP contribution in [0, 0.1) is 11.3 Å². The highest BCUT2D eigenvalue weighted by atomic mass is 16.5. The Morgan fingerprint density at radius 1 is 1.17 bits per heavy atom. The van der Waals surface area contributed by atoms with Gasteiger partial charge in [0.15, 0.2) is 0 Å². The van der Waals surface area contributed by atoms with E-state index in [2.05, 4.69) is 0 Å². The van der Waals surface area contributed by atoms with Crippen molar-refractivity contribution >= 4 is 5.97 Å². The highest BCUT2D eigenvalue weighted by molar-refractivity contribution is 5.75. The van der Waals surface area contributed by atoms with Gasteiger partial charge in [-0.25, -0.2) is 0 Å². The number of ether oxygens (including phenoxy) is 2. The Morgan fingerprint density at radius 3 is 2.56 bits per heavy atom. The van der Waals surface area contributed by atoms with Crippen LogP contribution < -0.4 is 0 Å². The van der Waals surface area contributed by atoms with Crippen molar-refractivity contribution in [3.63, 3.8) is 0 Å². The van der Waals surface area contributed by atoms with Gasteiger partial charge in [0, 0.05) is 13.2 Å². The molecule has 0 aromatic carbocycles. The van der Waals surface area contributed by atoms with Crippen molar-refractivity contribution < 1.29 is 19.4 Å². The fraction of sp³-hybridized carbons (Fsp3) is 0.929. The molecule has 1 spiro atoms. The van der Waals surface area contributed by atoms with Crippen molar-refractivity contribution in [3.05, 3.63) is 0 Å². The van der Waals surface area contributed by atoms with E-state index in [9.17, 15) is 9.90 Å². The van der Waals surface area contributed by atoms with E-state index < -0.39 is 11.4 Å². The Kier molecular flexibility index (Phi) is 3.10. The van der Waals surface area contributed by atoms with Crippen LogP contribution in [0.15, 0.2) is 0 Å². The van der Waals surface area contributed by atoms with Gasteiger partial charge in [-0.1, -0.05) is 12.8 Å². The topological polar surface area (TPSA) is 55.8 Å². The van der Waals surface area contributed by atoms with Gasteiger partial charge in [-0.15, -0.1) is 0 Å². The van der Waals surface area contributed by atoms with Gasteiger partial charge in [0.25, 0.3) is 0 Å². The van der Waals surface area contributed by atoms with Crippen LogP contribution in [-0.4, -0.2) is 36.5 Å². The molecule has 2 unspecified atom stereocenters. The molecule has 1 saturated carbocycles. The van der Waals surface area contributed by atoms with Crippen LogP contribution in [0.1, 0.15) is 44.9 Å². The Hall–Kier alpha value is -0.610. The van der Waals surface area contributed by atoms with Crippen LogP contribution in [-0.2, 0) is 14.3 Å². The summed E-state index contributed by atoms with van der Waals surface area (Å²) in [7, 11) is 0. The second kappa shape index (κ2) is 4.49. The van der Waals surface area contributed by atoms with E-state index in [0.29, 0.717) is 19.6 Å². The van der Waals surface area contributed by atoms with Crippen molar-refractivity contribution in [3.8, 4) is 0 Å². The molecule has 2 saturated heterocycles. The first-order valence-electron chi connectivity index (χ1n) is 7.12. The molecular weight excluding hydrogens is 232 g/mol. The minimum Gasteiger partial charge on any atom is -0.481 e. The van der Waals surface area contributed by atoms with E-state index in [-0.39, 0.29) is 11.5 Å². The summed E-state index contributed by atoms with van der Waals surface area (Å²) >= 11 is 0. The van der Waals surface area contributed by atoms with Gasteiger partial charge in [-0.3, -0.25) is 4.79 Å². The zero-order valence-electron chi connectivity index (χ0n) is 10.8. The zero-order chi connectivity index (χ0) is 12.6. The standard InChI is InChI=1S/C14H22O4/c15-12(16)14(6-8-17-10-14)11-3-7-18-13(9-11)4-1-2-5-13/h11H,1-10H2,(H,15,16). The van der Waals surface area contributed by atoms with Crippen molar-refractivity contribution in [2.24, 2.45) is 11.3 Å². The lowest BCUT2D eigenvalue weighted by Gasteiger charge is -2.43. The second-order valence-corrected chi connectivity index (χ2v) is 6.19. The van der Waals surface area contributed by atoms with E-state index in [1.807, 2.05) is 0 Å². The highest BCUT2D eigenvalue weighted by Gasteiger charge is 2.53. The van der Waals surface area contributed by atoms with E-state index in [1.54, 1.807) is 0 Å². The van der Waals surface area contributed by atoms with Crippen LogP contribution >= 0.6 is 0 Å². The van der Waals surface area contributed by atoms with Gasteiger partial charge in [0.05, 0.1) is 17.6 Å². The predicted molar refractivity (Wildman–Crippen MR) is 65.4 cm³/mol. The average Bonchev–Trinajstić information content (AvgIpc) is 2.99. The van der Waals surface area contributed by atoms with Gasteiger partial charge in [-0.05, 0) is 38.0 Å². The number of carboxylic acids is 1. The third-order valence-corrected chi connectivity index (χ3v) is 5.27. The highest BCUT2D eigenvalue weighted by Crippen LogP contribution is 2.50. The molecule has 0 aromatic heterocycles. The number of carbonyl (C=O) groups is 1. The Labute approximate surface area is 108 Å². The Balaban J connectivity index is 1.80. The van der Waals surface area contributed by atoms with Crippen LogP contribution in [0.3, 0.4) is 0 Å². The molecule has 3 fully saturated rings. The normalized spacial score (nSPS) is 39.2. The molecule has 18 heavy (non-hydrogen) atoms. The Morgan fingerprint density at radius 2 is 1.94 bits per heavy atom. The van der Waals surface area contributed by atoms with E-state index in [1.165, 1.54) is 12.8 Å². The molecule has 0 amide bonds. The summed E-state index contributed by atoms with van der Waals surface area (Å²) in [6, 6.07) is 0. The maximum atomic E-state index is 11.7. The SMILES string of the molecule is O=C(O)C1(C2CCOC3(CCCC3)C2)CCOC1. The molecule has 102 valence electrons. The lowest BCUT2D eigenvalue weighted by atomic mass is 9.67. The molecule has 0 aromatic rings. The zero-order valence-corrected chi connectivity index (χ0v) is 10.8. The maximum absolute atomic E-state index is 11.7. The second-order valence-electron chi connectivity index (χ2n) is 6.19. The smallest absolute Gasteiger partial charge is 0.312 e. The van der Waals surface area contributed by atoms with Gasteiger partial charge in [-0.2, -0.15) is 0 Å². The van der Waals surface area contributed by atoms with Crippen molar-refractivity contribution in [1.29, 1.82) is 0 Å². The van der Waals surface area contributed by atoms with E-state index >= 15 is 0 Å². The lowest BCUT2D eigenvalue weighted by Crippen LogP contribution is -2.47. The summed E-state index contributed by atoms with van der Waals surface area (Å²) in [6.07, 6.45) is 7.13. The first kappa shape index (κ1) is 12.4. The van der Waals surface area contributed by atoms with Crippen molar-refractivity contribution in [2.75, 3.05) is 19.8 Å². The number of aliphatic carboxylic acids is 1. The molecule has 1 aliphatic carbocycles. The van der Waals surface area contributed by atoms with Crippen LogP contribution in [0.25, 0.3) is 0 Å². The van der Waals surface area contributed by atoms with Crippen LogP contribution in [0.4, 0.5) is 0 Å². The fourth-order valence-electron chi connectivity index (χ4n) is 4.11. The monoisotopic (exact) mass is 254 g/mol.